The first-order valence-electron chi connectivity index (χ1n) is 4.21. The van der Waals surface area contributed by atoms with Crippen LogP contribution in [0.1, 0.15) is 12.8 Å². The molecular weight excluding hydrogens is 188 g/mol. The summed E-state index contributed by atoms with van der Waals surface area (Å²) in [6, 6.07) is 0. The zero-order valence-corrected chi connectivity index (χ0v) is 8.89. The minimum absolute atomic E-state index is 0.0517. The Morgan fingerprint density at radius 2 is 2.08 bits per heavy atom. The van der Waals surface area contributed by atoms with Crippen LogP contribution in [0.15, 0.2) is 12.0 Å². The molecule has 0 saturated heterocycles. The highest BCUT2D eigenvalue weighted by molar-refractivity contribution is 7.92. The number of rotatable bonds is 5. The Bertz CT molecular complexity index is 291. The fourth-order valence-electron chi connectivity index (χ4n) is 1.22. The molecule has 0 bridgehead atoms. The maximum absolute atomic E-state index is 11.0. The van der Waals surface area contributed by atoms with E-state index in [-0.39, 0.29) is 5.54 Å². The lowest BCUT2D eigenvalue weighted by Crippen LogP contribution is -2.41. The molecule has 5 heteroatoms. The standard InChI is InChI=1S/C8H16N2O2S/c1-4-13(11,12)9-7-8(5-6-8)10(2)3/h4,9H,1,5-7H2,2-3H3. The average molecular weight is 204 g/mol. The number of hydrogen-bond donors (Lipinski definition) is 1. The Hall–Kier alpha value is -0.390. The van der Waals surface area contributed by atoms with Crippen LogP contribution in [0, 0.1) is 0 Å². The summed E-state index contributed by atoms with van der Waals surface area (Å²) in [6.45, 7) is 3.71. The topological polar surface area (TPSA) is 49.4 Å². The van der Waals surface area contributed by atoms with Gasteiger partial charge in [0.25, 0.3) is 0 Å². The van der Waals surface area contributed by atoms with E-state index in [1.807, 2.05) is 14.1 Å². The van der Waals surface area contributed by atoms with Crippen LogP contribution in [0.2, 0.25) is 0 Å². The van der Waals surface area contributed by atoms with Crippen molar-refractivity contribution >= 4 is 10.0 Å². The van der Waals surface area contributed by atoms with Gasteiger partial charge < -0.3 is 4.90 Å². The van der Waals surface area contributed by atoms with Crippen LogP contribution in [0.3, 0.4) is 0 Å². The van der Waals surface area contributed by atoms with Crippen LogP contribution >= 0.6 is 0 Å². The third-order valence-electron chi connectivity index (χ3n) is 2.60. The van der Waals surface area contributed by atoms with Crippen molar-refractivity contribution in [2.45, 2.75) is 18.4 Å². The molecule has 0 heterocycles. The molecule has 0 spiro atoms. The van der Waals surface area contributed by atoms with Gasteiger partial charge in [0.05, 0.1) is 0 Å². The predicted octanol–water partition coefficient (Wildman–Crippen LogP) is 0.143. The maximum atomic E-state index is 11.0. The van der Waals surface area contributed by atoms with Crippen molar-refractivity contribution in [2.75, 3.05) is 20.6 Å². The molecule has 0 aromatic heterocycles. The van der Waals surface area contributed by atoms with Gasteiger partial charge in [-0.15, -0.1) is 0 Å². The second-order valence-corrected chi connectivity index (χ2v) is 5.36. The minimum Gasteiger partial charge on any atom is -0.302 e. The van der Waals surface area contributed by atoms with E-state index in [1.54, 1.807) is 0 Å². The predicted molar refractivity (Wildman–Crippen MR) is 52.8 cm³/mol. The lowest BCUT2D eigenvalue weighted by atomic mass is 10.2. The molecule has 0 atom stereocenters. The van der Waals surface area contributed by atoms with Gasteiger partial charge in [-0.1, -0.05) is 6.58 Å². The molecule has 1 N–H and O–H groups in total. The second-order valence-electron chi connectivity index (χ2n) is 3.65. The van der Waals surface area contributed by atoms with Gasteiger partial charge in [0.2, 0.25) is 10.0 Å². The highest BCUT2D eigenvalue weighted by Crippen LogP contribution is 2.39. The molecule has 1 rings (SSSR count). The maximum Gasteiger partial charge on any atom is 0.233 e. The summed E-state index contributed by atoms with van der Waals surface area (Å²) in [4.78, 5) is 2.07. The van der Waals surface area contributed by atoms with Crippen LogP contribution in [0.4, 0.5) is 0 Å². The van der Waals surface area contributed by atoms with E-state index in [9.17, 15) is 8.42 Å². The largest absolute Gasteiger partial charge is 0.302 e. The van der Waals surface area contributed by atoms with E-state index in [4.69, 9.17) is 0 Å². The molecule has 1 aliphatic rings. The molecule has 4 nitrogen and oxygen atoms in total. The molecule has 0 amide bonds. The minimum atomic E-state index is -3.26. The zero-order valence-electron chi connectivity index (χ0n) is 8.08. The number of sulfonamides is 1. The van der Waals surface area contributed by atoms with Crippen molar-refractivity contribution in [3.63, 3.8) is 0 Å². The summed E-state index contributed by atoms with van der Waals surface area (Å²) < 4.78 is 24.6. The first-order valence-corrected chi connectivity index (χ1v) is 5.76. The fourth-order valence-corrected chi connectivity index (χ4v) is 1.81. The molecule has 1 aliphatic carbocycles. The molecule has 76 valence electrons. The Kier molecular flexibility index (Phi) is 2.79. The summed E-state index contributed by atoms with van der Waals surface area (Å²) in [5.74, 6) is 0. The fraction of sp³-hybridized carbons (Fsp3) is 0.750. The van der Waals surface area contributed by atoms with Crippen molar-refractivity contribution in [3.05, 3.63) is 12.0 Å². The lowest BCUT2D eigenvalue weighted by molar-refractivity contribution is 0.272. The van der Waals surface area contributed by atoms with E-state index in [0.29, 0.717) is 6.54 Å². The van der Waals surface area contributed by atoms with Gasteiger partial charge in [-0.05, 0) is 26.9 Å². The van der Waals surface area contributed by atoms with Crippen molar-refractivity contribution in [1.29, 1.82) is 0 Å². The summed E-state index contributed by atoms with van der Waals surface area (Å²) in [6.07, 6.45) is 2.11. The first kappa shape index (κ1) is 10.7. The SMILES string of the molecule is C=CS(=O)(=O)NCC1(N(C)C)CC1. The molecule has 1 saturated carbocycles. The van der Waals surface area contributed by atoms with Crippen molar-refractivity contribution in [3.8, 4) is 0 Å². The van der Waals surface area contributed by atoms with E-state index in [2.05, 4.69) is 16.2 Å². The monoisotopic (exact) mass is 204 g/mol. The number of likely N-dealkylation sites (N-methyl/N-ethyl adjacent to an activating group) is 1. The average Bonchev–Trinajstić information content (AvgIpc) is 2.82. The molecule has 0 aliphatic heterocycles. The Morgan fingerprint density at radius 1 is 1.54 bits per heavy atom. The highest BCUT2D eigenvalue weighted by Gasteiger charge is 2.44. The molecule has 0 aromatic rings. The zero-order chi connectivity index (χ0) is 10.1. The summed E-state index contributed by atoms with van der Waals surface area (Å²) >= 11 is 0. The van der Waals surface area contributed by atoms with Crippen LogP contribution in [0.25, 0.3) is 0 Å². The van der Waals surface area contributed by atoms with Crippen LogP contribution in [0.5, 0.6) is 0 Å². The molecule has 0 unspecified atom stereocenters. The quantitative estimate of drug-likeness (QED) is 0.693. The van der Waals surface area contributed by atoms with Gasteiger partial charge in [0, 0.05) is 17.5 Å². The van der Waals surface area contributed by atoms with Crippen LogP contribution in [-0.2, 0) is 10.0 Å². The van der Waals surface area contributed by atoms with Crippen LogP contribution in [-0.4, -0.2) is 39.5 Å². The third kappa shape index (κ3) is 2.52. The van der Waals surface area contributed by atoms with Gasteiger partial charge in [0.1, 0.15) is 0 Å². The molecule has 1 fully saturated rings. The highest BCUT2D eigenvalue weighted by atomic mass is 32.2. The number of nitrogens with one attached hydrogen (secondary N) is 1. The van der Waals surface area contributed by atoms with E-state index >= 15 is 0 Å². The second kappa shape index (κ2) is 3.40. The van der Waals surface area contributed by atoms with Crippen LogP contribution < -0.4 is 4.72 Å². The Labute approximate surface area is 79.7 Å². The van der Waals surface area contributed by atoms with E-state index < -0.39 is 10.0 Å². The molecule has 13 heavy (non-hydrogen) atoms. The number of nitrogens with zero attached hydrogens (tertiary/aromatic N) is 1. The Morgan fingerprint density at radius 3 is 2.38 bits per heavy atom. The Balaban J connectivity index is 2.48. The van der Waals surface area contributed by atoms with Gasteiger partial charge in [-0.25, -0.2) is 13.1 Å². The lowest BCUT2D eigenvalue weighted by Gasteiger charge is -2.23. The van der Waals surface area contributed by atoms with Crippen molar-refractivity contribution in [1.82, 2.24) is 9.62 Å². The molecule has 0 aromatic carbocycles. The van der Waals surface area contributed by atoms with Gasteiger partial charge >= 0.3 is 0 Å². The first-order chi connectivity index (χ1) is 5.92. The number of hydrogen-bond acceptors (Lipinski definition) is 3. The van der Waals surface area contributed by atoms with E-state index in [0.717, 1.165) is 18.2 Å². The molecular formula is C8H16N2O2S. The van der Waals surface area contributed by atoms with Gasteiger partial charge in [-0.3, -0.25) is 0 Å². The third-order valence-corrected chi connectivity index (χ3v) is 3.58. The summed E-state index contributed by atoms with van der Waals surface area (Å²) in [5, 5.41) is 0.943. The molecule has 0 radical (unpaired) electrons. The normalized spacial score (nSPS) is 20.2. The van der Waals surface area contributed by atoms with Crippen molar-refractivity contribution in [2.24, 2.45) is 0 Å². The summed E-state index contributed by atoms with van der Waals surface area (Å²) in [5.41, 5.74) is 0.0517. The smallest absolute Gasteiger partial charge is 0.233 e. The van der Waals surface area contributed by atoms with Gasteiger partial charge in [0.15, 0.2) is 0 Å². The van der Waals surface area contributed by atoms with Crippen molar-refractivity contribution < 1.29 is 8.42 Å². The summed E-state index contributed by atoms with van der Waals surface area (Å²) in [7, 11) is 0.676. The van der Waals surface area contributed by atoms with E-state index in [1.165, 1.54) is 0 Å². The van der Waals surface area contributed by atoms with Gasteiger partial charge in [-0.2, -0.15) is 0 Å².